The van der Waals surface area contributed by atoms with E-state index >= 15 is 0 Å². The number of ether oxygens (including phenoxy) is 1. The van der Waals surface area contributed by atoms with Gasteiger partial charge in [-0.25, -0.2) is 4.79 Å². The number of carbonyl (C=O) groups is 4. The maximum Gasteiger partial charge on any atom is 0.328 e. The molecule has 2 aromatic rings. The Balaban J connectivity index is 1.71. The lowest BCUT2D eigenvalue weighted by Crippen LogP contribution is -2.46. The third kappa shape index (κ3) is 6.28. The molecule has 2 aromatic carbocycles. The Morgan fingerprint density at radius 3 is 2.30 bits per heavy atom. The van der Waals surface area contributed by atoms with Crippen molar-refractivity contribution in [1.29, 1.82) is 0 Å². The molecule has 3 atom stereocenters. The maximum absolute atomic E-state index is 13.2. The predicted molar refractivity (Wildman–Crippen MR) is 123 cm³/mol. The summed E-state index contributed by atoms with van der Waals surface area (Å²) in [6.45, 7) is 2.15. The van der Waals surface area contributed by atoms with Gasteiger partial charge >= 0.3 is 5.97 Å². The molecule has 7 heteroatoms. The van der Waals surface area contributed by atoms with E-state index in [1.807, 2.05) is 36.4 Å². The average Bonchev–Trinajstić information content (AvgIpc) is 3.33. The number of ketones is 1. The van der Waals surface area contributed by atoms with E-state index in [2.05, 4.69) is 5.32 Å². The second-order valence-corrected chi connectivity index (χ2v) is 8.37. The lowest BCUT2D eigenvalue weighted by molar-refractivity contribution is -0.152. The van der Waals surface area contributed by atoms with Crippen LogP contribution in [0.15, 0.2) is 60.7 Å². The van der Waals surface area contributed by atoms with Gasteiger partial charge in [-0.05, 0) is 37.0 Å². The topological polar surface area (TPSA) is 92.8 Å². The van der Waals surface area contributed by atoms with Crippen molar-refractivity contribution in [3.05, 3.63) is 71.8 Å². The second kappa shape index (κ2) is 11.4. The van der Waals surface area contributed by atoms with Crippen molar-refractivity contribution in [2.75, 3.05) is 13.7 Å². The molecule has 7 nitrogen and oxygen atoms in total. The van der Waals surface area contributed by atoms with Gasteiger partial charge in [-0.2, -0.15) is 0 Å². The number of nitrogens with zero attached hydrogens (tertiary/aromatic N) is 1. The summed E-state index contributed by atoms with van der Waals surface area (Å²) in [6.07, 6.45) is 1.57. The first-order valence-electron chi connectivity index (χ1n) is 11.2. The number of carbonyl (C=O) groups excluding carboxylic acids is 4. The lowest BCUT2D eigenvalue weighted by atomic mass is 9.94. The Labute approximate surface area is 194 Å². The summed E-state index contributed by atoms with van der Waals surface area (Å²) < 4.78 is 4.82. The van der Waals surface area contributed by atoms with E-state index in [1.54, 1.807) is 31.2 Å². The van der Waals surface area contributed by atoms with E-state index in [0.717, 1.165) is 12.0 Å². The zero-order valence-electron chi connectivity index (χ0n) is 19.0. The van der Waals surface area contributed by atoms with Gasteiger partial charge in [0.1, 0.15) is 6.04 Å². The molecule has 1 heterocycles. The van der Waals surface area contributed by atoms with Crippen molar-refractivity contribution in [2.45, 2.75) is 44.7 Å². The van der Waals surface area contributed by atoms with Crippen LogP contribution >= 0.6 is 0 Å². The van der Waals surface area contributed by atoms with Gasteiger partial charge in [-0.1, -0.05) is 55.5 Å². The zero-order chi connectivity index (χ0) is 23.8. The van der Waals surface area contributed by atoms with Crippen LogP contribution in [0.4, 0.5) is 0 Å². The highest BCUT2D eigenvalue weighted by Gasteiger charge is 2.37. The highest BCUT2D eigenvalue weighted by molar-refractivity contribution is 5.99. The maximum atomic E-state index is 13.2. The minimum Gasteiger partial charge on any atom is -0.467 e. The van der Waals surface area contributed by atoms with Crippen LogP contribution in [0.5, 0.6) is 0 Å². The van der Waals surface area contributed by atoms with Crippen LogP contribution in [0.3, 0.4) is 0 Å². The van der Waals surface area contributed by atoms with Gasteiger partial charge < -0.3 is 15.0 Å². The molecule has 1 aliphatic heterocycles. The number of hydrogen-bond acceptors (Lipinski definition) is 5. The van der Waals surface area contributed by atoms with Gasteiger partial charge in [0, 0.05) is 24.4 Å². The Morgan fingerprint density at radius 2 is 1.67 bits per heavy atom. The quantitative estimate of drug-likeness (QED) is 0.593. The number of amides is 2. The Hall–Kier alpha value is -3.48. The Bertz CT molecular complexity index is 977. The van der Waals surface area contributed by atoms with Crippen molar-refractivity contribution >= 4 is 23.6 Å². The molecule has 33 heavy (non-hydrogen) atoms. The van der Waals surface area contributed by atoms with Crippen LogP contribution in [0, 0.1) is 5.92 Å². The Morgan fingerprint density at radius 1 is 1.03 bits per heavy atom. The summed E-state index contributed by atoms with van der Waals surface area (Å²) in [5.74, 6) is -1.86. The van der Waals surface area contributed by atoms with E-state index in [9.17, 15) is 19.2 Å². The standard InChI is InChI=1S/C26H30N2O5/c1-18(25(31)28-15-9-14-22(28)26(32)33-2)16-23(29)21(17-19-10-5-3-6-11-19)27-24(30)20-12-7-4-8-13-20/h3-8,10-13,18,21-22H,9,14-17H2,1-2H3,(H,27,30)/t18-,21+,22-/m0/s1. The molecule has 0 radical (unpaired) electrons. The average molecular weight is 451 g/mol. The zero-order valence-corrected chi connectivity index (χ0v) is 19.0. The third-order valence-corrected chi connectivity index (χ3v) is 5.95. The molecule has 0 aromatic heterocycles. The molecular weight excluding hydrogens is 420 g/mol. The molecule has 0 aliphatic carbocycles. The number of Topliss-reactive ketones (excluding diaryl/α,β-unsaturated/α-hetero) is 1. The monoisotopic (exact) mass is 450 g/mol. The van der Waals surface area contributed by atoms with Gasteiger partial charge in [0.15, 0.2) is 5.78 Å². The normalized spacial score (nSPS) is 17.2. The third-order valence-electron chi connectivity index (χ3n) is 5.95. The summed E-state index contributed by atoms with van der Waals surface area (Å²) >= 11 is 0. The molecular formula is C26H30N2O5. The fraction of sp³-hybridized carbons (Fsp3) is 0.385. The summed E-state index contributed by atoms with van der Waals surface area (Å²) in [6, 6.07) is 16.8. The van der Waals surface area contributed by atoms with Gasteiger partial charge in [0.2, 0.25) is 5.91 Å². The molecule has 2 amide bonds. The molecule has 1 saturated heterocycles. The van der Waals surface area contributed by atoms with Crippen molar-refractivity contribution in [2.24, 2.45) is 5.92 Å². The first kappa shape index (κ1) is 24.2. The summed E-state index contributed by atoms with van der Waals surface area (Å²) in [5, 5.41) is 2.84. The minimum atomic E-state index is -0.773. The number of nitrogens with one attached hydrogen (secondary N) is 1. The van der Waals surface area contributed by atoms with E-state index in [4.69, 9.17) is 4.74 Å². The van der Waals surface area contributed by atoms with Crippen molar-refractivity contribution in [3.8, 4) is 0 Å². The largest absolute Gasteiger partial charge is 0.467 e. The van der Waals surface area contributed by atoms with Crippen molar-refractivity contribution < 1.29 is 23.9 Å². The number of esters is 1. The number of likely N-dealkylation sites (tertiary alicyclic amines) is 1. The fourth-order valence-electron chi connectivity index (χ4n) is 4.15. The minimum absolute atomic E-state index is 0.0319. The van der Waals surface area contributed by atoms with E-state index < -0.39 is 24.0 Å². The van der Waals surface area contributed by atoms with Crippen LogP contribution in [0.2, 0.25) is 0 Å². The van der Waals surface area contributed by atoms with Crippen LogP contribution < -0.4 is 5.32 Å². The summed E-state index contributed by atoms with van der Waals surface area (Å²) in [4.78, 5) is 52.5. The summed E-state index contributed by atoms with van der Waals surface area (Å²) in [5.41, 5.74) is 1.37. The van der Waals surface area contributed by atoms with Gasteiger partial charge in [0.25, 0.3) is 5.91 Å². The molecule has 1 aliphatic rings. The van der Waals surface area contributed by atoms with E-state index in [1.165, 1.54) is 12.0 Å². The smallest absolute Gasteiger partial charge is 0.328 e. The lowest BCUT2D eigenvalue weighted by Gasteiger charge is -2.26. The van der Waals surface area contributed by atoms with Crippen molar-refractivity contribution in [1.82, 2.24) is 10.2 Å². The molecule has 0 spiro atoms. The molecule has 1 fully saturated rings. The first-order chi connectivity index (χ1) is 15.9. The highest BCUT2D eigenvalue weighted by atomic mass is 16.5. The van der Waals surface area contributed by atoms with Gasteiger partial charge in [-0.15, -0.1) is 0 Å². The molecule has 0 unspecified atom stereocenters. The summed E-state index contributed by atoms with van der Waals surface area (Å²) in [7, 11) is 1.31. The van der Waals surface area contributed by atoms with E-state index in [0.29, 0.717) is 24.9 Å². The molecule has 174 valence electrons. The molecule has 0 bridgehead atoms. The van der Waals surface area contributed by atoms with Crippen LogP contribution in [0.25, 0.3) is 0 Å². The predicted octanol–water partition coefficient (Wildman–Crippen LogP) is 2.79. The number of hydrogen-bond donors (Lipinski definition) is 1. The van der Waals surface area contributed by atoms with Crippen LogP contribution in [-0.2, 0) is 25.5 Å². The first-order valence-corrected chi connectivity index (χ1v) is 11.2. The number of rotatable bonds is 9. The number of benzene rings is 2. The fourth-order valence-corrected chi connectivity index (χ4v) is 4.15. The molecule has 3 rings (SSSR count). The van der Waals surface area contributed by atoms with E-state index in [-0.39, 0.29) is 24.0 Å². The highest BCUT2D eigenvalue weighted by Crippen LogP contribution is 2.22. The molecule has 0 saturated carbocycles. The van der Waals surface area contributed by atoms with Gasteiger partial charge in [-0.3, -0.25) is 14.4 Å². The van der Waals surface area contributed by atoms with Crippen molar-refractivity contribution in [3.63, 3.8) is 0 Å². The molecule has 1 N–H and O–H groups in total. The van der Waals surface area contributed by atoms with Gasteiger partial charge in [0.05, 0.1) is 13.2 Å². The number of methoxy groups -OCH3 is 1. The van der Waals surface area contributed by atoms with Crippen LogP contribution in [0.1, 0.15) is 42.1 Å². The SMILES string of the molecule is COC(=O)[C@@H]1CCCN1C(=O)[C@@H](C)CC(=O)[C@@H](Cc1ccccc1)NC(=O)c1ccccc1. The Kier molecular flexibility index (Phi) is 8.35. The second-order valence-electron chi connectivity index (χ2n) is 8.37. The van der Waals surface area contributed by atoms with Crippen LogP contribution in [-0.4, -0.2) is 54.2 Å².